The van der Waals surface area contributed by atoms with E-state index in [2.05, 4.69) is 26.1 Å². The molecule has 0 spiro atoms. The molecule has 0 radical (unpaired) electrons. The molecule has 1 aromatic carbocycles. The molecule has 1 saturated carbocycles. The Kier molecular flexibility index (Phi) is 4.62. The molecule has 106 valence electrons. The van der Waals surface area contributed by atoms with E-state index in [9.17, 15) is 4.39 Å². The second-order valence-electron chi connectivity index (χ2n) is 6.37. The third kappa shape index (κ3) is 3.36. The van der Waals surface area contributed by atoms with Crippen LogP contribution in [0.5, 0.6) is 0 Å². The summed E-state index contributed by atoms with van der Waals surface area (Å²) in [5.74, 6) is 0.724. The van der Waals surface area contributed by atoms with Crippen molar-refractivity contribution < 1.29 is 4.39 Å². The second-order valence-corrected chi connectivity index (χ2v) is 6.37. The van der Waals surface area contributed by atoms with E-state index in [1.54, 1.807) is 12.1 Å². The van der Waals surface area contributed by atoms with E-state index in [1.807, 2.05) is 12.1 Å². The zero-order chi connectivity index (χ0) is 13.9. The Morgan fingerprint density at radius 3 is 2.37 bits per heavy atom. The maximum atomic E-state index is 13.1. The van der Waals surface area contributed by atoms with Gasteiger partial charge in [-0.2, -0.15) is 0 Å². The third-order valence-electron chi connectivity index (χ3n) is 4.70. The third-order valence-corrected chi connectivity index (χ3v) is 4.70. The van der Waals surface area contributed by atoms with Crippen LogP contribution in [0.25, 0.3) is 0 Å². The van der Waals surface area contributed by atoms with Crippen molar-refractivity contribution in [2.45, 2.75) is 57.9 Å². The predicted octanol–water partition coefficient (Wildman–Crippen LogP) is 4.27. The van der Waals surface area contributed by atoms with Crippen LogP contribution in [-0.4, -0.2) is 12.6 Å². The Morgan fingerprint density at radius 2 is 1.89 bits per heavy atom. The summed E-state index contributed by atoms with van der Waals surface area (Å²) in [5, 5.41) is 3.64. The molecule has 1 fully saturated rings. The molecule has 2 rings (SSSR count). The van der Waals surface area contributed by atoms with Crippen molar-refractivity contribution in [1.29, 1.82) is 0 Å². The van der Waals surface area contributed by atoms with Gasteiger partial charge in [-0.1, -0.05) is 52.2 Å². The first kappa shape index (κ1) is 14.5. The van der Waals surface area contributed by atoms with E-state index < -0.39 is 0 Å². The smallest absolute Gasteiger partial charge is 0.123 e. The zero-order valence-electron chi connectivity index (χ0n) is 12.4. The minimum Gasteiger partial charge on any atom is -0.313 e. The van der Waals surface area contributed by atoms with Gasteiger partial charge in [-0.15, -0.1) is 0 Å². The SMILES string of the molecule is CCNC(CC1CCC1)C(C)(C)c1ccc(F)cc1. The largest absolute Gasteiger partial charge is 0.313 e. The van der Waals surface area contributed by atoms with Gasteiger partial charge in [-0.05, 0) is 36.6 Å². The van der Waals surface area contributed by atoms with Gasteiger partial charge in [0.25, 0.3) is 0 Å². The van der Waals surface area contributed by atoms with Crippen LogP contribution >= 0.6 is 0 Å². The van der Waals surface area contributed by atoms with Crippen LogP contribution < -0.4 is 5.32 Å². The van der Waals surface area contributed by atoms with E-state index in [1.165, 1.54) is 31.2 Å². The fraction of sp³-hybridized carbons (Fsp3) is 0.647. The number of likely N-dealkylation sites (N-methyl/N-ethyl adjacent to an activating group) is 1. The van der Waals surface area contributed by atoms with Crippen LogP contribution in [0.2, 0.25) is 0 Å². The van der Waals surface area contributed by atoms with Crippen LogP contribution in [0, 0.1) is 11.7 Å². The van der Waals surface area contributed by atoms with Gasteiger partial charge in [0.05, 0.1) is 0 Å². The van der Waals surface area contributed by atoms with Gasteiger partial charge >= 0.3 is 0 Å². The van der Waals surface area contributed by atoms with Gasteiger partial charge in [0.15, 0.2) is 0 Å². The average molecular weight is 263 g/mol. The Labute approximate surface area is 116 Å². The van der Waals surface area contributed by atoms with Gasteiger partial charge in [0.2, 0.25) is 0 Å². The topological polar surface area (TPSA) is 12.0 Å². The van der Waals surface area contributed by atoms with E-state index in [0.717, 1.165) is 12.5 Å². The highest BCUT2D eigenvalue weighted by molar-refractivity contribution is 5.26. The summed E-state index contributed by atoms with van der Waals surface area (Å²) in [6.07, 6.45) is 5.38. The normalized spacial score (nSPS) is 18.1. The summed E-state index contributed by atoms with van der Waals surface area (Å²) in [4.78, 5) is 0. The van der Waals surface area contributed by atoms with E-state index >= 15 is 0 Å². The van der Waals surface area contributed by atoms with E-state index in [0.29, 0.717) is 6.04 Å². The standard InChI is InChI=1S/C17H26FN/c1-4-19-16(12-13-6-5-7-13)17(2,3)14-8-10-15(18)11-9-14/h8-11,13,16,19H,4-7,12H2,1-3H3. The van der Waals surface area contributed by atoms with Gasteiger partial charge in [0, 0.05) is 11.5 Å². The lowest BCUT2D eigenvalue weighted by Gasteiger charge is -2.40. The molecule has 0 amide bonds. The molecule has 1 atom stereocenters. The Morgan fingerprint density at radius 1 is 1.26 bits per heavy atom. The summed E-state index contributed by atoms with van der Waals surface area (Å²) in [6.45, 7) is 7.69. The van der Waals surface area contributed by atoms with Gasteiger partial charge in [0.1, 0.15) is 5.82 Å². The summed E-state index contributed by atoms with van der Waals surface area (Å²) in [6, 6.07) is 7.47. The minimum atomic E-state index is -0.154. The van der Waals surface area contributed by atoms with Crippen molar-refractivity contribution in [3.05, 3.63) is 35.6 Å². The Bertz CT molecular complexity index is 392. The number of hydrogen-bond acceptors (Lipinski definition) is 1. The fourth-order valence-electron chi connectivity index (χ4n) is 3.02. The lowest BCUT2D eigenvalue weighted by molar-refractivity contribution is 0.216. The molecule has 1 unspecified atom stereocenters. The highest BCUT2D eigenvalue weighted by Crippen LogP contribution is 2.36. The van der Waals surface area contributed by atoms with Gasteiger partial charge < -0.3 is 5.32 Å². The van der Waals surface area contributed by atoms with Crippen molar-refractivity contribution in [2.24, 2.45) is 5.92 Å². The van der Waals surface area contributed by atoms with Crippen molar-refractivity contribution in [2.75, 3.05) is 6.54 Å². The van der Waals surface area contributed by atoms with Crippen LogP contribution in [-0.2, 0) is 5.41 Å². The first-order valence-electron chi connectivity index (χ1n) is 7.53. The zero-order valence-corrected chi connectivity index (χ0v) is 12.4. The van der Waals surface area contributed by atoms with Crippen LogP contribution in [0.1, 0.15) is 52.0 Å². The summed E-state index contributed by atoms with van der Waals surface area (Å²) < 4.78 is 13.1. The van der Waals surface area contributed by atoms with E-state index in [-0.39, 0.29) is 11.2 Å². The quantitative estimate of drug-likeness (QED) is 0.808. The van der Waals surface area contributed by atoms with Gasteiger partial charge in [-0.25, -0.2) is 4.39 Å². The molecule has 1 N–H and O–H groups in total. The first-order chi connectivity index (χ1) is 9.04. The number of benzene rings is 1. The first-order valence-corrected chi connectivity index (χ1v) is 7.53. The van der Waals surface area contributed by atoms with Crippen LogP contribution in [0.4, 0.5) is 4.39 Å². The highest BCUT2D eigenvalue weighted by atomic mass is 19.1. The molecular weight excluding hydrogens is 237 g/mol. The highest BCUT2D eigenvalue weighted by Gasteiger charge is 2.33. The van der Waals surface area contributed by atoms with Crippen molar-refractivity contribution in [1.82, 2.24) is 5.32 Å². The molecule has 1 aliphatic carbocycles. The molecule has 0 aromatic heterocycles. The van der Waals surface area contributed by atoms with Gasteiger partial charge in [-0.3, -0.25) is 0 Å². The maximum Gasteiger partial charge on any atom is 0.123 e. The summed E-state index contributed by atoms with van der Waals surface area (Å²) in [7, 11) is 0. The molecule has 1 aliphatic rings. The summed E-state index contributed by atoms with van der Waals surface area (Å²) >= 11 is 0. The van der Waals surface area contributed by atoms with Crippen LogP contribution in [0.15, 0.2) is 24.3 Å². The monoisotopic (exact) mass is 263 g/mol. The second kappa shape index (κ2) is 6.04. The van der Waals surface area contributed by atoms with E-state index in [4.69, 9.17) is 0 Å². The lowest BCUT2D eigenvalue weighted by Crippen LogP contribution is -2.46. The molecule has 0 heterocycles. The molecule has 0 bridgehead atoms. The summed E-state index contributed by atoms with van der Waals surface area (Å²) in [5.41, 5.74) is 1.26. The van der Waals surface area contributed by atoms with Crippen molar-refractivity contribution >= 4 is 0 Å². The molecule has 2 heteroatoms. The lowest BCUT2D eigenvalue weighted by atomic mass is 9.71. The predicted molar refractivity (Wildman–Crippen MR) is 78.8 cm³/mol. The van der Waals surface area contributed by atoms with Crippen molar-refractivity contribution in [3.8, 4) is 0 Å². The number of rotatable bonds is 6. The molecular formula is C17H26FN. The average Bonchev–Trinajstić information content (AvgIpc) is 2.32. The molecule has 19 heavy (non-hydrogen) atoms. The Balaban J connectivity index is 2.14. The molecule has 0 saturated heterocycles. The molecule has 0 aliphatic heterocycles. The van der Waals surface area contributed by atoms with Crippen molar-refractivity contribution in [3.63, 3.8) is 0 Å². The molecule has 1 aromatic rings. The maximum absolute atomic E-state index is 13.1. The number of hydrogen-bond donors (Lipinski definition) is 1. The number of halogens is 1. The minimum absolute atomic E-state index is 0.0410. The Hall–Kier alpha value is -0.890. The van der Waals surface area contributed by atoms with Crippen LogP contribution in [0.3, 0.4) is 0 Å². The fourth-order valence-corrected chi connectivity index (χ4v) is 3.02. The number of nitrogens with one attached hydrogen (secondary N) is 1. The molecule has 1 nitrogen and oxygen atoms in total.